The Morgan fingerprint density at radius 3 is 0.786 bits per heavy atom. The second kappa shape index (κ2) is 62.2. The summed E-state index contributed by atoms with van der Waals surface area (Å²) >= 11 is 0. The van der Waals surface area contributed by atoms with Gasteiger partial charge in [0.25, 0.3) is 0 Å². The van der Waals surface area contributed by atoms with Crippen LogP contribution in [0.3, 0.4) is 0 Å². The highest BCUT2D eigenvalue weighted by Crippen LogP contribution is 2.19. The van der Waals surface area contributed by atoms with E-state index < -0.39 is 12.1 Å². The highest BCUT2D eigenvalue weighted by Gasteiger charge is 2.18. The third-order valence-corrected chi connectivity index (χ3v) is 15.4. The molecule has 4 heteroatoms. The first-order valence-electron chi connectivity index (χ1n) is 32.6. The molecule has 4 nitrogen and oxygen atoms in total. The van der Waals surface area contributed by atoms with Crippen LogP contribution in [0.1, 0.15) is 373 Å². The van der Waals surface area contributed by atoms with Crippen molar-refractivity contribution in [3.05, 3.63) is 24.3 Å². The van der Waals surface area contributed by atoms with Crippen LogP contribution in [0.2, 0.25) is 0 Å². The first-order chi connectivity index (χ1) is 34.7. The topological polar surface area (TPSA) is 69.6 Å². The molecule has 3 N–H and O–H groups in total. The van der Waals surface area contributed by atoms with E-state index in [0.717, 1.165) is 25.7 Å². The van der Waals surface area contributed by atoms with Crippen molar-refractivity contribution in [2.75, 3.05) is 6.61 Å². The van der Waals surface area contributed by atoms with Crippen molar-refractivity contribution in [3.63, 3.8) is 0 Å². The summed E-state index contributed by atoms with van der Waals surface area (Å²) in [4.78, 5) is 12.5. The number of aliphatic hydroxyl groups is 2. The van der Waals surface area contributed by atoms with E-state index in [-0.39, 0.29) is 12.5 Å². The molecule has 0 aliphatic carbocycles. The van der Waals surface area contributed by atoms with Crippen LogP contribution in [0.5, 0.6) is 0 Å². The van der Waals surface area contributed by atoms with Crippen molar-refractivity contribution >= 4 is 5.91 Å². The van der Waals surface area contributed by atoms with Crippen LogP contribution in [0, 0.1) is 0 Å². The molecule has 416 valence electrons. The van der Waals surface area contributed by atoms with E-state index in [2.05, 4.69) is 31.3 Å². The number of aliphatic hydroxyl groups excluding tert-OH is 2. The van der Waals surface area contributed by atoms with Crippen LogP contribution in [0.15, 0.2) is 24.3 Å². The molecule has 2 atom stereocenters. The van der Waals surface area contributed by atoms with Gasteiger partial charge in [-0.1, -0.05) is 346 Å². The average Bonchev–Trinajstić information content (AvgIpc) is 3.36. The Morgan fingerprint density at radius 1 is 0.329 bits per heavy atom. The van der Waals surface area contributed by atoms with Crippen molar-refractivity contribution in [1.82, 2.24) is 5.32 Å². The van der Waals surface area contributed by atoms with Gasteiger partial charge in [-0.3, -0.25) is 4.79 Å². The van der Waals surface area contributed by atoms with Gasteiger partial charge in [0.1, 0.15) is 0 Å². The molecule has 0 aromatic carbocycles. The fourth-order valence-electron chi connectivity index (χ4n) is 10.5. The predicted molar refractivity (Wildman–Crippen MR) is 313 cm³/mol. The number of nitrogens with one attached hydrogen (secondary N) is 1. The molecule has 0 radical (unpaired) electrons. The highest BCUT2D eigenvalue weighted by molar-refractivity contribution is 5.76. The van der Waals surface area contributed by atoms with Gasteiger partial charge < -0.3 is 15.5 Å². The van der Waals surface area contributed by atoms with Gasteiger partial charge in [0.15, 0.2) is 0 Å². The van der Waals surface area contributed by atoms with E-state index >= 15 is 0 Å². The normalized spacial score (nSPS) is 12.8. The molecule has 0 fully saturated rings. The molecule has 2 unspecified atom stereocenters. The summed E-state index contributed by atoms with van der Waals surface area (Å²) in [6, 6.07) is -0.620. The van der Waals surface area contributed by atoms with E-state index in [1.165, 1.54) is 327 Å². The predicted octanol–water partition coefficient (Wildman–Crippen LogP) is 21.8. The monoisotopic (exact) mass is 984 g/mol. The lowest BCUT2D eigenvalue weighted by Crippen LogP contribution is -2.45. The quantitative estimate of drug-likeness (QED) is 0.0420. The maximum atomic E-state index is 12.5. The average molecular weight is 985 g/mol. The Kier molecular flexibility index (Phi) is 61.2. The lowest BCUT2D eigenvalue weighted by Gasteiger charge is -2.20. The molecular weight excluding hydrogens is 855 g/mol. The van der Waals surface area contributed by atoms with Gasteiger partial charge in [0, 0.05) is 6.42 Å². The molecule has 0 aliphatic heterocycles. The van der Waals surface area contributed by atoms with Crippen LogP contribution < -0.4 is 5.32 Å². The maximum Gasteiger partial charge on any atom is 0.220 e. The largest absolute Gasteiger partial charge is 0.394 e. The van der Waals surface area contributed by atoms with E-state index in [1.54, 1.807) is 6.08 Å². The third-order valence-electron chi connectivity index (χ3n) is 15.4. The summed E-state index contributed by atoms with van der Waals surface area (Å²) in [6.45, 7) is 4.36. The zero-order chi connectivity index (χ0) is 50.6. The summed E-state index contributed by atoms with van der Waals surface area (Å²) in [6.07, 6.45) is 83.9. The second-order valence-corrected chi connectivity index (χ2v) is 22.5. The summed E-state index contributed by atoms with van der Waals surface area (Å²) < 4.78 is 0. The van der Waals surface area contributed by atoms with Crippen LogP contribution in [-0.2, 0) is 4.79 Å². The molecule has 0 rings (SSSR count). The number of unbranched alkanes of at least 4 members (excludes halogenated alkanes) is 52. The Balaban J connectivity index is 3.42. The lowest BCUT2D eigenvalue weighted by molar-refractivity contribution is -0.123. The van der Waals surface area contributed by atoms with Crippen LogP contribution in [0.4, 0.5) is 0 Å². The number of carbonyl (C=O) groups excluding carboxylic acids is 1. The van der Waals surface area contributed by atoms with E-state index in [4.69, 9.17) is 0 Å². The number of carbonyl (C=O) groups is 1. The molecule has 0 aliphatic rings. The Bertz CT molecular complexity index is 1020. The highest BCUT2D eigenvalue weighted by atomic mass is 16.3. The fourth-order valence-corrected chi connectivity index (χ4v) is 10.5. The number of hydrogen-bond acceptors (Lipinski definition) is 3. The number of rotatable bonds is 61. The summed E-state index contributed by atoms with van der Waals surface area (Å²) in [5.74, 6) is -0.0552. The zero-order valence-corrected chi connectivity index (χ0v) is 48.1. The van der Waals surface area contributed by atoms with Crippen LogP contribution in [-0.4, -0.2) is 34.9 Å². The maximum absolute atomic E-state index is 12.5. The van der Waals surface area contributed by atoms with Gasteiger partial charge in [-0.25, -0.2) is 0 Å². The molecule has 0 saturated heterocycles. The molecule has 0 bridgehead atoms. The summed E-state index contributed by atoms with van der Waals surface area (Å²) in [5.41, 5.74) is 0. The van der Waals surface area contributed by atoms with Gasteiger partial charge >= 0.3 is 0 Å². The van der Waals surface area contributed by atoms with Gasteiger partial charge in [0.05, 0.1) is 18.8 Å². The lowest BCUT2D eigenvalue weighted by atomic mass is 10.0. The standard InChI is InChI=1S/C66H129NO3/c1-3-5-7-9-11-13-15-17-19-21-23-25-27-29-30-31-32-33-34-35-36-38-40-42-44-46-48-50-52-54-56-58-60-62-66(70)67-64(63-68)65(69)61-59-57-55-53-51-49-47-45-43-41-39-37-28-26-24-22-20-18-16-14-12-10-8-6-4-2/h21,23,59,61,64-65,68-69H,3-20,22,24-58,60,62-63H2,1-2H3,(H,67,70)/b23-21-,61-59+. The van der Waals surface area contributed by atoms with Crippen molar-refractivity contribution in [1.29, 1.82) is 0 Å². The van der Waals surface area contributed by atoms with Gasteiger partial charge in [-0.15, -0.1) is 0 Å². The molecule has 0 aromatic heterocycles. The third kappa shape index (κ3) is 57.8. The molecule has 70 heavy (non-hydrogen) atoms. The van der Waals surface area contributed by atoms with Crippen molar-refractivity contribution in [2.24, 2.45) is 0 Å². The minimum Gasteiger partial charge on any atom is -0.394 e. The molecule has 0 saturated carbocycles. The van der Waals surface area contributed by atoms with Crippen molar-refractivity contribution in [3.8, 4) is 0 Å². The van der Waals surface area contributed by atoms with Gasteiger partial charge in [-0.2, -0.15) is 0 Å². The Hall–Kier alpha value is -1.13. The Labute approximate surface area is 440 Å². The van der Waals surface area contributed by atoms with Crippen LogP contribution in [0.25, 0.3) is 0 Å². The minimum absolute atomic E-state index is 0.0552. The number of amides is 1. The first kappa shape index (κ1) is 68.9. The number of allylic oxidation sites excluding steroid dienone is 3. The SMILES string of the molecule is CCCCCCCCCC/C=C\CCCCCCCCCCCCCCCCCCCCCCCC(=O)NC(CO)C(O)/C=C/CCCCCCCCCCCCCCCCCCCCCCCCC. The summed E-state index contributed by atoms with van der Waals surface area (Å²) in [7, 11) is 0. The van der Waals surface area contributed by atoms with Crippen molar-refractivity contribution < 1.29 is 15.0 Å². The summed E-state index contributed by atoms with van der Waals surface area (Å²) in [5, 5.41) is 23.3. The zero-order valence-electron chi connectivity index (χ0n) is 48.1. The molecule has 0 heterocycles. The smallest absolute Gasteiger partial charge is 0.220 e. The second-order valence-electron chi connectivity index (χ2n) is 22.5. The molecule has 0 spiro atoms. The molecular formula is C66H129NO3. The van der Waals surface area contributed by atoms with Gasteiger partial charge in [0.2, 0.25) is 5.91 Å². The molecule has 1 amide bonds. The van der Waals surface area contributed by atoms with Crippen LogP contribution >= 0.6 is 0 Å². The van der Waals surface area contributed by atoms with Crippen molar-refractivity contribution in [2.45, 2.75) is 386 Å². The van der Waals surface area contributed by atoms with Gasteiger partial charge in [-0.05, 0) is 44.9 Å². The fraction of sp³-hybridized carbons (Fsp3) is 0.924. The Morgan fingerprint density at radius 2 is 0.543 bits per heavy atom. The number of hydrogen-bond donors (Lipinski definition) is 3. The first-order valence-corrected chi connectivity index (χ1v) is 32.6. The van der Waals surface area contributed by atoms with E-state index in [0.29, 0.717) is 6.42 Å². The van der Waals surface area contributed by atoms with E-state index in [1.807, 2.05) is 6.08 Å². The molecule has 0 aromatic rings. The van der Waals surface area contributed by atoms with E-state index in [9.17, 15) is 15.0 Å². The minimum atomic E-state index is -0.838.